The molecule has 11 nitrogen and oxygen atoms in total. The van der Waals surface area contributed by atoms with Gasteiger partial charge in [0.1, 0.15) is 12.1 Å². The average Bonchev–Trinajstić information content (AvgIpc) is 3.61. The summed E-state index contributed by atoms with van der Waals surface area (Å²) in [6.45, 7) is 6.13. The van der Waals surface area contributed by atoms with Gasteiger partial charge in [-0.15, -0.1) is 0 Å². The zero-order chi connectivity index (χ0) is 31.5. The number of carbonyl (C=O) groups is 4. The van der Waals surface area contributed by atoms with Gasteiger partial charge in [0.05, 0.1) is 6.20 Å². The normalized spacial score (nSPS) is 18.2. The van der Waals surface area contributed by atoms with Gasteiger partial charge in [0, 0.05) is 31.3 Å². The summed E-state index contributed by atoms with van der Waals surface area (Å²) < 4.78 is 5.00. The number of rotatable bonds is 13. The molecule has 4 rings (SSSR count). The Morgan fingerprint density at radius 1 is 1.00 bits per heavy atom. The lowest BCUT2D eigenvalue weighted by Crippen LogP contribution is -2.56. The van der Waals surface area contributed by atoms with Crippen LogP contribution in [-0.2, 0) is 16.1 Å². The van der Waals surface area contributed by atoms with Gasteiger partial charge >= 0.3 is 0 Å². The van der Waals surface area contributed by atoms with Crippen molar-refractivity contribution in [2.75, 3.05) is 19.6 Å². The molecule has 44 heavy (non-hydrogen) atoms. The van der Waals surface area contributed by atoms with Crippen molar-refractivity contribution in [2.45, 2.75) is 90.3 Å². The van der Waals surface area contributed by atoms with Crippen LogP contribution < -0.4 is 21.7 Å². The van der Waals surface area contributed by atoms with Crippen LogP contribution >= 0.6 is 0 Å². The Hall–Kier alpha value is -3.73. The lowest BCUT2D eigenvalue weighted by atomic mass is 9.84. The molecule has 0 bridgehead atoms. The van der Waals surface area contributed by atoms with Gasteiger partial charge in [-0.2, -0.15) is 0 Å². The number of aromatic nitrogens is 1. The van der Waals surface area contributed by atoms with Crippen molar-refractivity contribution in [3.8, 4) is 0 Å². The monoisotopic (exact) mass is 608 g/mol. The molecular formula is C33H48N6O5. The van der Waals surface area contributed by atoms with E-state index in [1.165, 1.54) is 18.7 Å². The summed E-state index contributed by atoms with van der Waals surface area (Å²) in [7, 11) is 0. The van der Waals surface area contributed by atoms with Gasteiger partial charge in [-0.25, -0.2) is 0 Å². The number of nitrogens with one attached hydrogen (secondary N) is 3. The predicted molar refractivity (Wildman–Crippen MR) is 166 cm³/mol. The first-order valence-corrected chi connectivity index (χ1v) is 16.2. The van der Waals surface area contributed by atoms with Crippen LogP contribution in [0.15, 0.2) is 41.1 Å². The van der Waals surface area contributed by atoms with Crippen molar-refractivity contribution in [2.24, 2.45) is 23.5 Å². The van der Waals surface area contributed by atoms with Crippen LogP contribution in [-0.4, -0.2) is 65.4 Å². The summed E-state index contributed by atoms with van der Waals surface area (Å²) in [6.07, 6.45) is 9.75. The van der Waals surface area contributed by atoms with Gasteiger partial charge < -0.3 is 31.1 Å². The maximum Gasteiger partial charge on any atom is 0.290 e. The maximum absolute atomic E-state index is 13.6. The molecule has 3 atom stereocenters. The summed E-state index contributed by atoms with van der Waals surface area (Å²) in [5, 5.41) is 12.3. The van der Waals surface area contributed by atoms with Crippen LogP contribution in [0.1, 0.15) is 98.1 Å². The molecular weight excluding hydrogens is 560 g/mol. The molecule has 2 fully saturated rings. The van der Waals surface area contributed by atoms with Crippen molar-refractivity contribution in [1.29, 1.82) is 0 Å². The van der Waals surface area contributed by atoms with E-state index in [-0.39, 0.29) is 30.0 Å². The molecule has 0 unspecified atom stereocenters. The maximum atomic E-state index is 13.6. The second-order valence-electron chi connectivity index (χ2n) is 12.4. The topological polar surface area (TPSA) is 160 Å². The van der Waals surface area contributed by atoms with E-state index in [2.05, 4.69) is 21.1 Å². The summed E-state index contributed by atoms with van der Waals surface area (Å²) in [5.41, 5.74) is 7.18. The number of carbonyl (C=O) groups excluding carboxylic acids is 4. The lowest BCUT2D eigenvalue weighted by Gasteiger charge is -2.31. The molecule has 0 radical (unpaired) electrons. The summed E-state index contributed by atoms with van der Waals surface area (Å²) in [4.78, 5) is 54.9. The standard InChI is InChI=1S/C33H48N6O5/c1-3-22(2)29(38-30(40)27(19-23-8-5-4-6-9-23)37-31(41)28-12-15-36-44-28)32(42)35-21-25-10-7-11-26(18-25)33(43)39-16-13-24(20-34)14-17-39/h7,10-12,15,18,22-24,27,29H,3-6,8-9,13-14,16-17,19-21,34H2,1-2H3,(H,35,42)(H,37,41)(H,38,40)/t22-,27-,29-/m0/s1. The third kappa shape index (κ3) is 9.14. The molecule has 5 N–H and O–H groups in total. The van der Waals surface area contributed by atoms with Gasteiger partial charge in [-0.1, -0.05) is 69.7 Å². The number of amides is 4. The van der Waals surface area contributed by atoms with Gasteiger partial charge in [0.2, 0.25) is 17.6 Å². The molecule has 2 heterocycles. The molecule has 0 spiro atoms. The first kappa shape index (κ1) is 33.2. The smallest absolute Gasteiger partial charge is 0.290 e. The number of likely N-dealkylation sites (tertiary alicyclic amines) is 1. The van der Waals surface area contributed by atoms with Gasteiger partial charge in [0.25, 0.3) is 11.8 Å². The van der Waals surface area contributed by atoms with E-state index in [4.69, 9.17) is 10.3 Å². The fraction of sp³-hybridized carbons (Fsp3) is 0.606. The summed E-state index contributed by atoms with van der Waals surface area (Å²) in [5.74, 6) is -0.580. The first-order chi connectivity index (χ1) is 21.3. The minimum Gasteiger partial charge on any atom is -0.351 e. The van der Waals surface area contributed by atoms with Crippen LogP contribution in [0.2, 0.25) is 0 Å². The minimum atomic E-state index is -0.812. The number of piperidine rings is 1. The fourth-order valence-electron chi connectivity index (χ4n) is 6.17. The molecule has 1 saturated carbocycles. The van der Waals surface area contributed by atoms with Crippen molar-refractivity contribution in [3.05, 3.63) is 53.4 Å². The first-order valence-electron chi connectivity index (χ1n) is 16.2. The second kappa shape index (κ2) is 16.4. The van der Waals surface area contributed by atoms with Crippen molar-refractivity contribution >= 4 is 23.6 Å². The van der Waals surface area contributed by atoms with Crippen LogP contribution in [0.3, 0.4) is 0 Å². The molecule has 1 aliphatic heterocycles. The molecule has 240 valence electrons. The highest BCUT2D eigenvalue weighted by molar-refractivity contribution is 5.97. The van der Waals surface area contributed by atoms with E-state index in [9.17, 15) is 19.2 Å². The van der Waals surface area contributed by atoms with E-state index in [0.717, 1.165) is 44.1 Å². The Bertz CT molecular complexity index is 1240. The minimum absolute atomic E-state index is 0.0187. The predicted octanol–water partition coefficient (Wildman–Crippen LogP) is 3.40. The molecule has 2 aromatic rings. The van der Waals surface area contributed by atoms with Gasteiger partial charge in [-0.3, -0.25) is 19.2 Å². The summed E-state index contributed by atoms with van der Waals surface area (Å²) >= 11 is 0. The fourth-order valence-corrected chi connectivity index (χ4v) is 6.17. The quantitative estimate of drug-likeness (QED) is 0.271. The highest BCUT2D eigenvalue weighted by atomic mass is 16.5. The lowest BCUT2D eigenvalue weighted by molar-refractivity contribution is -0.131. The zero-order valence-corrected chi connectivity index (χ0v) is 26.1. The molecule has 1 aliphatic carbocycles. The van der Waals surface area contributed by atoms with Gasteiger partial charge in [-0.05, 0) is 61.3 Å². The number of hydrogen-bond donors (Lipinski definition) is 4. The highest BCUT2D eigenvalue weighted by Crippen LogP contribution is 2.28. The Morgan fingerprint density at radius 2 is 1.75 bits per heavy atom. The molecule has 1 saturated heterocycles. The van der Waals surface area contributed by atoms with Crippen LogP contribution in [0.25, 0.3) is 0 Å². The molecule has 4 amide bonds. The second-order valence-corrected chi connectivity index (χ2v) is 12.4. The molecule has 1 aromatic carbocycles. The van der Waals surface area contributed by atoms with E-state index in [1.54, 1.807) is 6.07 Å². The van der Waals surface area contributed by atoms with Crippen LogP contribution in [0.4, 0.5) is 0 Å². The van der Waals surface area contributed by atoms with E-state index >= 15 is 0 Å². The third-order valence-electron chi connectivity index (χ3n) is 9.25. The van der Waals surface area contributed by atoms with Crippen LogP contribution in [0, 0.1) is 17.8 Å². The van der Waals surface area contributed by atoms with E-state index < -0.39 is 23.9 Å². The number of hydrogen-bond acceptors (Lipinski definition) is 7. The molecule has 11 heteroatoms. The van der Waals surface area contributed by atoms with E-state index in [0.29, 0.717) is 49.9 Å². The van der Waals surface area contributed by atoms with Crippen molar-refractivity contribution in [3.63, 3.8) is 0 Å². The Kier molecular flexibility index (Phi) is 12.3. The van der Waals surface area contributed by atoms with Gasteiger partial charge in [0.15, 0.2) is 0 Å². The largest absolute Gasteiger partial charge is 0.351 e. The summed E-state index contributed by atoms with van der Waals surface area (Å²) in [6, 6.07) is 7.14. The van der Waals surface area contributed by atoms with E-state index in [1.807, 2.05) is 36.9 Å². The average molecular weight is 609 g/mol. The molecule has 2 aliphatic rings. The Morgan fingerprint density at radius 3 is 2.41 bits per heavy atom. The number of nitrogens with two attached hydrogens (primary N) is 1. The number of nitrogens with zero attached hydrogens (tertiary/aromatic N) is 2. The Balaban J connectivity index is 1.39. The molecule has 1 aromatic heterocycles. The zero-order valence-electron chi connectivity index (χ0n) is 26.1. The highest BCUT2D eigenvalue weighted by Gasteiger charge is 2.32. The van der Waals surface area contributed by atoms with Crippen molar-refractivity contribution < 1.29 is 23.7 Å². The van der Waals surface area contributed by atoms with Crippen LogP contribution in [0.5, 0.6) is 0 Å². The Labute approximate surface area is 260 Å². The SMILES string of the molecule is CC[C@H](C)[C@H](NC(=O)[C@H](CC1CCCCC1)NC(=O)c1ccno1)C(=O)NCc1cccc(C(=O)N2CCC(CN)CC2)c1. The number of benzene rings is 1. The third-order valence-corrected chi connectivity index (χ3v) is 9.25. The van der Waals surface area contributed by atoms with Crippen molar-refractivity contribution in [1.82, 2.24) is 26.0 Å².